The maximum Gasteiger partial charge on any atom is 0.513 e. The number of rotatable bonds is 13. The Morgan fingerprint density at radius 1 is 0.653 bits per heavy atom. The standard InChI is InChI=1S/C36H34O13/c1-3-30(37)42-18-4-5-19-43-36(41)48-28-16-10-24(11-17-28)34(39)46-26-12-6-23(7-13-26)33(38)47-27-14-8-25(9-15-27)35(40)49-29-21-45-31-22(2)20-44-32(29)31/h3,6-17,22,29,31-32H,1,4-5,18-21H2,2H3/t22-,29-,31?,32?/m0/s1. The van der Waals surface area contributed by atoms with E-state index in [-0.39, 0.29) is 66.3 Å². The maximum absolute atomic E-state index is 12.7. The van der Waals surface area contributed by atoms with E-state index >= 15 is 0 Å². The van der Waals surface area contributed by atoms with Crippen molar-refractivity contribution in [2.75, 3.05) is 26.4 Å². The molecule has 0 radical (unpaired) electrons. The molecule has 13 nitrogen and oxygen atoms in total. The van der Waals surface area contributed by atoms with Gasteiger partial charge in [0, 0.05) is 12.0 Å². The van der Waals surface area contributed by atoms with E-state index in [1.54, 1.807) is 0 Å². The average Bonchev–Trinajstić information content (AvgIpc) is 3.69. The van der Waals surface area contributed by atoms with Gasteiger partial charge in [-0.2, -0.15) is 0 Å². The van der Waals surface area contributed by atoms with Crippen molar-refractivity contribution < 1.29 is 61.9 Å². The highest BCUT2D eigenvalue weighted by molar-refractivity contribution is 5.93. The summed E-state index contributed by atoms with van der Waals surface area (Å²) in [5.41, 5.74) is 0.682. The van der Waals surface area contributed by atoms with Crippen LogP contribution in [0.5, 0.6) is 17.2 Å². The second kappa shape index (κ2) is 16.5. The third-order valence-corrected chi connectivity index (χ3v) is 7.58. The molecule has 5 rings (SSSR count). The number of esters is 4. The molecule has 2 aliphatic rings. The second-order valence-electron chi connectivity index (χ2n) is 11.1. The molecule has 256 valence electrons. The van der Waals surface area contributed by atoms with Crippen LogP contribution in [-0.4, -0.2) is 74.8 Å². The minimum absolute atomic E-state index is 0.0739. The van der Waals surface area contributed by atoms with Gasteiger partial charge in [0.25, 0.3) is 0 Å². The predicted molar refractivity (Wildman–Crippen MR) is 169 cm³/mol. The van der Waals surface area contributed by atoms with E-state index in [4.69, 9.17) is 37.9 Å². The first kappa shape index (κ1) is 34.8. The highest BCUT2D eigenvalue weighted by Crippen LogP contribution is 2.32. The lowest BCUT2D eigenvalue weighted by Crippen LogP contribution is -2.32. The van der Waals surface area contributed by atoms with E-state index in [0.717, 1.165) is 6.08 Å². The summed E-state index contributed by atoms with van der Waals surface area (Å²) >= 11 is 0. The highest BCUT2D eigenvalue weighted by Gasteiger charge is 2.47. The SMILES string of the molecule is C=CC(=O)OCCCCOC(=O)Oc1ccc(C(=O)Oc2ccc(C(=O)Oc3ccc(C(=O)O[C@H]4COC5C4OC[C@@H]5C)cc3)cc2)cc1. The van der Waals surface area contributed by atoms with Gasteiger partial charge in [-0.25, -0.2) is 24.0 Å². The monoisotopic (exact) mass is 674 g/mol. The summed E-state index contributed by atoms with van der Waals surface area (Å²) in [4.78, 5) is 60.8. The number of benzene rings is 3. The van der Waals surface area contributed by atoms with Crippen LogP contribution in [0, 0.1) is 5.92 Å². The second-order valence-corrected chi connectivity index (χ2v) is 11.1. The summed E-state index contributed by atoms with van der Waals surface area (Å²) in [6.07, 6.45) is 0.285. The summed E-state index contributed by atoms with van der Waals surface area (Å²) in [5, 5.41) is 0. The van der Waals surface area contributed by atoms with E-state index in [1.807, 2.05) is 6.92 Å². The molecule has 49 heavy (non-hydrogen) atoms. The Kier molecular flexibility index (Phi) is 11.7. The Morgan fingerprint density at radius 2 is 1.12 bits per heavy atom. The Hall–Kier alpha value is -5.53. The fourth-order valence-electron chi connectivity index (χ4n) is 4.99. The molecule has 0 aliphatic carbocycles. The minimum Gasteiger partial charge on any atom is -0.463 e. The van der Waals surface area contributed by atoms with Crippen molar-refractivity contribution in [3.63, 3.8) is 0 Å². The van der Waals surface area contributed by atoms with Crippen LogP contribution in [0.3, 0.4) is 0 Å². The largest absolute Gasteiger partial charge is 0.513 e. The zero-order chi connectivity index (χ0) is 34.8. The third-order valence-electron chi connectivity index (χ3n) is 7.58. The van der Waals surface area contributed by atoms with E-state index < -0.39 is 36.1 Å². The van der Waals surface area contributed by atoms with E-state index in [1.165, 1.54) is 72.8 Å². The molecule has 3 aromatic carbocycles. The van der Waals surface area contributed by atoms with Crippen LogP contribution in [0.25, 0.3) is 0 Å². The van der Waals surface area contributed by atoms with Crippen LogP contribution in [0.4, 0.5) is 4.79 Å². The zero-order valence-corrected chi connectivity index (χ0v) is 26.6. The number of unbranched alkanes of at least 4 members (excludes halogenated alkanes) is 1. The molecule has 2 unspecified atom stereocenters. The van der Waals surface area contributed by atoms with Crippen LogP contribution in [0.1, 0.15) is 50.8 Å². The Labute approximate surface area is 281 Å². The first-order valence-electron chi connectivity index (χ1n) is 15.5. The minimum atomic E-state index is -0.920. The number of hydrogen-bond acceptors (Lipinski definition) is 13. The summed E-state index contributed by atoms with van der Waals surface area (Å²) < 4.78 is 42.7. The van der Waals surface area contributed by atoms with Gasteiger partial charge in [-0.3, -0.25) is 0 Å². The number of carbonyl (C=O) groups excluding carboxylic acids is 5. The van der Waals surface area contributed by atoms with Crippen LogP contribution < -0.4 is 14.2 Å². The Balaban J connectivity index is 1.03. The predicted octanol–water partition coefficient (Wildman–Crippen LogP) is 5.11. The van der Waals surface area contributed by atoms with Crippen LogP contribution in [0.2, 0.25) is 0 Å². The molecule has 0 aromatic heterocycles. The van der Waals surface area contributed by atoms with Crippen molar-refractivity contribution >= 4 is 30.0 Å². The van der Waals surface area contributed by atoms with Gasteiger partial charge in [0.05, 0.1) is 49.2 Å². The first-order chi connectivity index (χ1) is 23.7. The molecule has 3 aromatic rings. The fraction of sp³-hybridized carbons (Fsp3) is 0.306. The third kappa shape index (κ3) is 9.52. The number of hydrogen-bond donors (Lipinski definition) is 0. The molecule has 0 bridgehead atoms. The van der Waals surface area contributed by atoms with Gasteiger partial charge in [-0.05, 0) is 85.6 Å². The van der Waals surface area contributed by atoms with Crippen molar-refractivity contribution in [1.29, 1.82) is 0 Å². The van der Waals surface area contributed by atoms with Gasteiger partial charge < -0.3 is 37.9 Å². The Bertz CT molecular complexity index is 1650. The van der Waals surface area contributed by atoms with Gasteiger partial charge in [0.2, 0.25) is 0 Å². The van der Waals surface area contributed by atoms with Crippen LogP contribution in [0.15, 0.2) is 85.5 Å². The van der Waals surface area contributed by atoms with E-state index in [2.05, 4.69) is 6.58 Å². The van der Waals surface area contributed by atoms with Crippen molar-refractivity contribution in [3.8, 4) is 17.2 Å². The molecule has 0 saturated carbocycles. The van der Waals surface area contributed by atoms with Gasteiger partial charge in [0.15, 0.2) is 6.10 Å². The molecule has 0 amide bonds. The lowest BCUT2D eigenvalue weighted by molar-refractivity contribution is -0.137. The van der Waals surface area contributed by atoms with Gasteiger partial charge in [-0.15, -0.1) is 0 Å². The lowest BCUT2D eigenvalue weighted by Gasteiger charge is -2.16. The molecule has 0 N–H and O–H groups in total. The normalized spacial score (nSPS) is 19.2. The van der Waals surface area contributed by atoms with Crippen LogP contribution in [-0.2, 0) is 28.5 Å². The molecule has 2 fully saturated rings. The van der Waals surface area contributed by atoms with Crippen LogP contribution >= 0.6 is 0 Å². The molecular formula is C36H34O13. The molecule has 2 aliphatic heterocycles. The molecule has 4 atom stereocenters. The van der Waals surface area contributed by atoms with Crippen molar-refractivity contribution in [2.45, 2.75) is 38.1 Å². The van der Waals surface area contributed by atoms with Crippen molar-refractivity contribution in [3.05, 3.63) is 102 Å². The summed E-state index contributed by atoms with van der Waals surface area (Å²) in [5.74, 6) is -1.57. The summed E-state index contributed by atoms with van der Waals surface area (Å²) in [6, 6.07) is 17.4. The summed E-state index contributed by atoms with van der Waals surface area (Å²) in [6.45, 7) is 6.43. The molecule has 0 spiro atoms. The maximum atomic E-state index is 12.7. The van der Waals surface area contributed by atoms with Crippen molar-refractivity contribution in [1.82, 2.24) is 0 Å². The lowest BCUT2D eigenvalue weighted by atomic mass is 10.0. The highest BCUT2D eigenvalue weighted by atomic mass is 16.7. The molecule has 2 heterocycles. The van der Waals surface area contributed by atoms with Gasteiger partial charge in [0.1, 0.15) is 23.4 Å². The van der Waals surface area contributed by atoms with E-state index in [9.17, 15) is 24.0 Å². The van der Waals surface area contributed by atoms with Gasteiger partial charge in [-0.1, -0.05) is 13.5 Å². The first-order valence-corrected chi connectivity index (χ1v) is 15.5. The number of fused-ring (bicyclic) bond motifs is 1. The molecular weight excluding hydrogens is 640 g/mol. The average molecular weight is 675 g/mol. The van der Waals surface area contributed by atoms with Gasteiger partial charge >= 0.3 is 30.0 Å². The quantitative estimate of drug-likeness (QED) is 0.0589. The number of ether oxygens (including phenoxy) is 8. The smallest absolute Gasteiger partial charge is 0.463 e. The Morgan fingerprint density at radius 3 is 1.65 bits per heavy atom. The van der Waals surface area contributed by atoms with Crippen molar-refractivity contribution in [2.24, 2.45) is 5.92 Å². The topological polar surface area (TPSA) is 159 Å². The van der Waals surface area contributed by atoms with E-state index in [0.29, 0.717) is 25.0 Å². The summed E-state index contributed by atoms with van der Waals surface area (Å²) in [7, 11) is 0. The zero-order valence-electron chi connectivity index (χ0n) is 26.6. The number of carbonyl (C=O) groups is 5. The fourth-order valence-corrected chi connectivity index (χ4v) is 4.99. The molecule has 2 saturated heterocycles. The molecule has 13 heteroatoms.